The fraction of sp³-hybridized carbons (Fsp3) is 0.630. The Morgan fingerprint density at radius 1 is 0.808 bits per heavy atom. The molecule has 0 radical (unpaired) electrons. The largest absolute Gasteiger partial charge is 0.480 e. The summed E-state index contributed by atoms with van der Waals surface area (Å²) in [5, 5.41) is 21.0. The minimum atomic E-state index is -1.16. The standard InChI is InChI=1S/C54H84N8O11/c1-12-14-21-40(57-51(67)46(55)33(3)4)50(66)56-39-25-23-38(24-26-39)32-73-54(71)60(9)31-44(63)59-47(34(5)6)52(68)61(10)42(35(7)13-2)27-28-45(64)62-29-18-22-43(62)48(72-11)36(8)49(65)58-41(53(69)70)30-37-19-16-15-17-20-37/h15-17,19-20,23-26,33-36,40-43,46-48H,12-14,18,21-22,27-32,55H2,1-11H3,(H,56,66)(H,57,67)(H,58,65)(H,59,63)(H,69,70)/t35-,36+,40-,41-,42+,43-,46-,47-,48+/m0/s1. The molecule has 0 aliphatic carbocycles. The summed E-state index contributed by atoms with van der Waals surface area (Å²) in [5.74, 6) is -4.67. The Balaban J connectivity index is 1.57. The highest BCUT2D eigenvalue weighted by Crippen LogP contribution is 2.29. The highest BCUT2D eigenvalue weighted by molar-refractivity contribution is 5.98. The summed E-state index contributed by atoms with van der Waals surface area (Å²) in [6, 6.07) is 11.3. The van der Waals surface area contributed by atoms with Crippen molar-refractivity contribution < 1.29 is 52.9 Å². The predicted molar refractivity (Wildman–Crippen MR) is 279 cm³/mol. The SMILES string of the molecule is CCCC[C@H](NC(=O)[C@@H](N)C(C)C)C(=O)Nc1ccc(COC(=O)N(C)CC(=O)N[C@H](C(=O)N(C)[C@H](CCC(=O)N2CCC[C@H]2[C@H](OC)[C@@H](C)C(=O)N[C@@H](Cc2ccccc2)C(=O)O)[C@@H](C)CC)C(C)C)cc1. The molecule has 0 saturated carbocycles. The van der Waals surface area contributed by atoms with Crippen molar-refractivity contribution in [2.24, 2.45) is 29.4 Å². The molecule has 9 atom stereocenters. The number of methoxy groups -OCH3 is 1. The summed E-state index contributed by atoms with van der Waals surface area (Å²) in [5.41, 5.74) is 7.87. The maximum atomic E-state index is 14.2. The van der Waals surface area contributed by atoms with Gasteiger partial charge in [-0.1, -0.05) is 117 Å². The molecule has 1 fully saturated rings. The van der Waals surface area contributed by atoms with Crippen molar-refractivity contribution in [3.05, 3.63) is 65.7 Å². The molecule has 2 aromatic rings. The number of carbonyl (C=O) groups is 8. The molecule has 2 aromatic carbocycles. The number of aliphatic carboxylic acids is 1. The number of carboxylic acids is 1. The lowest BCUT2D eigenvalue weighted by Crippen LogP contribution is -2.55. The molecule has 1 aliphatic heterocycles. The molecule has 3 rings (SSSR count). The van der Waals surface area contributed by atoms with Gasteiger partial charge in [-0.05, 0) is 66.7 Å². The van der Waals surface area contributed by atoms with Gasteiger partial charge in [0.2, 0.25) is 35.4 Å². The van der Waals surface area contributed by atoms with Crippen LogP contribution in [0.4, 0.5) is 10.5 Å². The van der Waals surface area contributed by atoms with Crippen LogP contribution in [0.2, 0.25) is 0 Å². The van der Waals surface area contributed by atoms with E-state index < -0.39 is 72.7 Å². The molecule has 1 aliphatic rings. The van der Waals surface area contributed by atoms with Gasteiger partial charge in [0.05, 0.1) is 24.1 Å². The van der Waals surface area contributed by atoms with Gasteiger partial charge in [-0.3, -0.25) is 28.8 Å². The lowest BCUT2D eigenvalue weighted by atomic mass is 9.91. The average molecular weight is 1020 g/mol. The summed E-state index contributed by atoms with van der Waals surface area (Å²) in [6.45, 7) is 14.9. The first kappa shape index (κ1) is 61.2. The van der Waals surface area contributed by atoms with Crippen molar-refractivity contribution in [3.8, 4) is 0 Å². The molecule has 0 bridgehead atoms. The minimum Gasteiger partial charge on any atom is -0.480 e. The third-order valence-electron chi connectivity index (χ3n) is 13.9. The molecule has 406 valence electrons. The van der Waals surface area contributed by atoms with E-state index >= 15 is 0 Å². The van der Waals surface area contributed by atoms with Crippen LogP contribution in [0.3, 0.4) is 0 Å². The smallest absolute Gasteiger partial charge is 0.410 e. The molecule has 0 unspecified atom stereocenters. The van der Waals surface area contributed by atoms with E-state index in [9.17, 15) is 43.5 Å². The summed E-state index contributed by atoms with van der Waals surface area (Å²) < 4.78 is 11.3. The normalized spacial score (nSPS) is 16.7. The van der Waals surface area contributed by atoms with E-state index in [1.165, 1.54) is 14.2 Å². The summed E-state index contributed by atoms with van der Waals surface area (Å²) in [7, 11) is 4.57. The van der Waals surface area contributed by atoms with E-state index in [-0.39, 0.29) is 66.9 Å². The number of nitrogens with one attached hydrogen (secondary N) is 4. The van der Waals surface area contributed by atoms with Gasteiger partial charge in [-0.25, -0.2) is 9.59 Å². The molecule has 0 aromatic heterocycles. The van der Waals surface area contributed by atoms with E-state index in [2.05, 4.69) is 21.3 Å². The van der Waals surface area contributed by atoms with Crippen LogP contribution in [0.5, 0.6) is 0 Å². The zero-order valence-electron chi connectivity index (χ0n) is 45.0. The second-order valence-electron chi connectivity index (χ2n) is 20.2. The zero-order valence-corrected chi connectivity index (χ0v) is 45.0. The topological polar surface area (TPSA) is 259 Å². The van der Waals surface area contributed by atoms with E-state index in [1.807, 2.05) is 54.5 Å². The number of ether oxygens (including phenoxy) is 2. The minimum absolute atomic E-state index is 0.0134. The first-order valence-electron chi connectivity index (χ1n) is 25.8. The molecule has 7 N–H and O–H groups in total. The number of carboxylic acid groups (broad SMARTS) is 1. The van der Waals surface area contributed by atoms with Gasteiger partial charge >= 0.3 is 12.1 Å². The van der Waals surface area contributed by atoms with Crippen molar-refractivity contribution in [2.45, 2.75) is 162 Å². The molecule has 19 heteroatoms. The van der Waals surface area contributed by atoms with Crippen molar-refractivity contribution >= 4 is 53.2 Å². The van der Waals surface area contributed by atoms with Crippen LogP contribution in [0.1, 0.15) is 118 Å². The second kappa shape index (κ2) is 30.2. The molecule has 0 spiro atoms. The summed E-state index contributed by atoms with van der Waals surface area (Å²) >= 11 is 0. The predicted octanol–water partition coefficient (Wildman–Crippen LogP) is 5.10. The van der Waals surface area contributed by atoms with Crippen molar-refractivity contribution in [2.75, 3.05) is 39.6 Å². The Labute approximate surface area is 432 Å². The molecule has 73 heavy (non-hydrogen) atoms. The van der Waals surface area contributed by atoms with Gasteiger partial charge in [0.1, 0.15) is 31.3 Å². The van der Waals surface area contributed by atoms with Gasteiger partial charge in [-0.15, -0.1) is 0 Å². The summed E-state index contributed by atoms with van der Waals surface area (Å²) in [6.07, 6.45) is 3.12. The fourth-order valence-electron chi connectivity index (χ4n) is 9.00. The molecular weight excluding hydrogens is 937 g/mol. The third-order valence-corrected chi connectivity index (χ3v) is 13.9. The first-order chi connectivity index (χ1) is 34.5. The molecule has 19 nitrogen and oxygen atoms in total. The first-order valence-corrected chi connectivity index (χ1v) is 25.8. The Morgan fingerprint density at radius 2 is 1.45 bits per heavy atom. The quantitative estimate of drug-likeness (QED) is 0.0622. The Bertz CT molecular complexity index is 2120. The lowest BCUT2D eigenvalue weighted by molar-refractivity contribution is -0.145. The third kappa shape index (κ3) is 18.7. The summed E-state index contributed by atoms with van der Waals surface area (Å²) in [4.78, 5) is 111. The van der Waals surface area contributed by atoms with Crippen molar-refractivity contribution in [3.63, 3.8) is 0 Å². The number of likely N-dealkylation sites (tertiary alicyclic amines) is 1. The Hall–Kier alpha value is -6.08. The Morgan fingerprint density at radius 3 is 2.03 bits per heavy atom. The maximum absolute atomic E-state index is 14.2. The number of nitrogens with zero attached hydrogens (tertiary/aromatic N) is 3. The second-order valence-corrected chi connectivity index (χ2v) is 20.2. The number of likely N-dealkylation sites (N-methyl/N-ethyl adjacent to an activating group) is 2. The van der Waals surface area contributed by atoms with Gasteiger partial charge in [0.15, 0.2) is 0 Å². The number of hydrogen-bond acceptors (Lipinski definition) is 11. The number of nitrogens with two attached hydrogens (primary N) is 1. The number of benzene rings is 2. The van der Waals surface area contributed by atoms with Crippen LogP contribution in [0.25, 0.3) is 0 Å². The number of anilines is 1. The van der Waals surface area contributed by atoms with E-state index in [0.29, 0.717) is 49.9 Å². The van der Waals surface area contributed by atoms with Crippen molar-refractivity contribution in [1.29, 1.82) is 0 Å². The molecule has 1 saturated heterocycles. The number of carbonyl (C=O) groups excluding carboxylic acids is 7. The van der Waals surface area contributed by atoms with E-state index in [1.54, 1.807) is 72.3 Å². The highest BCUT2D eigenvalue weighted by Gasteiger charge is 2.41. The fourth-order valence-corrected chi connectivity index (χ4v) is 9.00. The molecule has 1 heterocycles. The van der Waals surface area contributed by atoms with E-state index in [0.717, 1.165) is 23.3 Å². The number of rotatable bonds is 29. The van der Waals surface area contributed by atoms with Gasteiger partial charge < -0.3 is 56.3 Å². The number of amides is 7. The average Bonchev–Trinajstić information content (AvgIpc) is 3.85. The highest BCUT2D eigenvalue weighted by atomic mass is 16.6. The monoisotopic (exact) mass is 1020 g/mol. The zero-order chi connectivity index (χ0) is 54.5. The number of hydrogen-bond donors (Lipinski definition) is 6. The van der Waals surface area contributed by atoms with Crippen LogP contribution in [-0.2, 0) is 56.1 Å². The Kier molecular flexibility index (Phi) is 25.3. The van der Waals surface area contributed by atoms with Crippen LogP contribution in [0.15, 0.2) is 54.6 Å². The van der Waals surface area contributed by atoms with Crippen molar-refractivity contribution in [1.82, 2.24) is 30.7 Å². The molecule has 7 amide bonds. The lowest BCUT2D eigenvalue weighted by Gasteiger charge is -2.37. The molecular formula is C54H84N8O11. The van der Waals surface area contributed by atoms with Crippen LogP contribution in [-0.4, -0.2) is 144 Å². The number of unbranched alkanes of at least 4 members (excludes halogenated alkanes) is 1. The van der Waals surface area contributed by atoms with E-state index in [4.69, 9.17) is 15.2 Å². The van der Waals surface area contributed by atoms with Gasteiger partial charge in [0.25, 0.3) is 0 Å². The maximum Gasteiger partial charge on any atom is 0.410 e. The van der Waals surface area contributed by atoms with Crippen LogP contribution >= 0.6 is 0 Å². The van der Waals surface area contributed by atoms with Crippen LogP contribution in [0, 0.1) is 23.7 Å². The van der Waals surface area contributed by atoms with Crippen LogP contribution < -0.4 is 27.0 Å². The van der Waals surface area contributed by atoms with Gasteiger partial charge in [-0.2, -0.15) is 0 Å². The van der Waals surface area contributed by atoms with Gasteiger partial charge in [0, 0.05) is 52.3 Å².